The maximum absolute atomic E-state index is 5.70. The van der Waals surface area contributed by atoms with Crippen LogP contribution in [0.3, 0.4) is 0 Å². The van der Waals surface area contributed by atoms with Gasteiger partial charge in [0.05, 0.1) is 0 Å². The Morgan fingerprint density at radius 2 is 2.00 bits per heavy atom. The summed E-state index contributed by atoms with van der Waals surface area (Å²) in [5, 5.41) is 3.26. The molecule has 0 aliphatic heterocycles. The average molecular weight is 193 g/mol. The molecule has 0 heterocycles. The fraction of sp³-hybridized carbons (Fsp3) is 0.455. The third-order valence-electron chi connectivity index (χ3n) is 2.38. The molecule has 5 N–H and O–H groups in total. The van der Waals surface area contributed by atoms with Crippen LogP contribution in [0.2, 0.25) is 0 Å². The van der Waals surface area contributed by atoms with E-state index < -0.39 is 0 Å². The molecule has 0 bridgehead atoms. The van der Waals surface area contributed by atoms with Crippen molar-refractivity contribution in [2.75, 3.05) is 18.4 Å². The minimum atomic E-state index is 0.0246. The molecule has 1 atom stereocenters. The number of anilines is 1. The van der Waals surface area contributed by atoms with Gasteiger partial charge in [0.25, 0.3) is 0 Å². The largest absolute Gasteiger partial charge is 0.383 e. The zero-order valence-corrected chi connectivity index (χ0v) is 8.88. The summed E-state index contributed by atoms with van der Waals surface area (Å²) in [6.07, 6.45) is 0. The first kappa shape index (κ1) is 11.0. The molecule has 0 saturated carbocycles. The van der Waals surface area contributed by atoms with Gasteiger partial charge in [-0.1, -0.05) is 6.07 Å². The Morgan fingerprint density at radius 1 is 1.29 bits per heavy atom. The lowest BCUT2D eigenvalue weighted by Gasteiger charge is -2.12. The highest BCUT2D eigenvalue weighted by Gasteiger charge is 1.99. The molecular formula is C11H19N3. The molecule has 1 unspecified atom stereocenters. The standard InChI is InChI=1S/C11H19N3/c1-8-3-4-11(5-9(8)2)14-7-10(13)6-12/h3-5,10,14H,6-7,12-13H2,1-2H3. The van der Waals surface area contributed by atoms with E-state index in [2.05, 4.69) is 37.4 Å². The van der Waals surface area contributed by atoms with Crippen LogP contribution in [0, 0.1) is 13.8 Å². The van der Waals surface area contributed by atoms with Crippen LogP contribution in [-0.4, -0.2) is 19.1 Å². The van der Waals surface area contributed by atoms with E-state index in [9.17, 15) is 0 Å². The Morgan fingerprint density at radius 3 is 2.57 bits per heavy atom. The van der Waals surface area contributed by atoms with Crippen LogP contribution in [0.5, 0.6) is 0 Å². The molecule has 0 saturated heterocycles. The maximum Gasteiger partial charge on any atom is 0.0343 e. The van der Waals surface area contributed by atoms with Crippen molar-refractivity contribution in [3.63, 3.8) is 0 Å². The van der Waals surface area contributed by atoms with Gasteiger partial charge in [-0.25, -0.2) is 0 Å². The van der Waals surface area contributed by atoms with E-state index in [1.54, 1.807) is 0 Å². The van der Waals surface area contributed by atoms with E-state index >= 15 is 0 Å². The highest BCUT2D eigenvalue weighted by atomic mass is 14.9. The van der Waals surface area contributed by atoms with E-state index in [0.29, 0.717) is 6.54 Å². The first-order valence-electron chi connectivity index (χ1n) is 4.90. The molecule has 0 aromatic heterocycles. The van der Waals surface area contributed by atoms with Crippen LogP contribution >= 0.6 is 0 Å². The first-order valence-corrected chi connectivity index (χ1v) is 4.90. The van der Waals surface area contributed by atoms with Crippen LogP contribution < -0.4 is 16.8 Å². The quantitative estimate of drug-likeness (QED) is 0.668. The number of nitrogens with two attached hydrogens (primary N) is 2. The zero-order chi connectivity index (χ0) is 10.6. The maximum atomic E-state index is 5.70. The van der Waals surface area contributed by atoms with Gasteiger partial charge in [-0.3, -0.25) is 0 Å². The molecule has 0 aliphatic rings. The first-order chi connectivity index (χ1) is 6.63. The molecule has 0 aliphatic carbocycles. The lowest BCUT2D eigenvalue weighted by Crippen LogP contribution is -2.36. The third-order valence-corrected chi connectivity index (χ3v) is 2.38. The van der Waals surface area contributed by atoms with E-state index in [4.69, 9.17) is 11.5 Å². The van der Waals surface area contributed by atoms with Crippen molar-refractivity contribution in [2.45, 2.75) is 19.9 Å². The van der Waals surface area contributed by atoms with E-state index in [1.807, 2.05) is 0 Å². The second kappa shape index (κ2) is 4.98. The van der Waals surface area contributed by atoms with Gasteiger partial charge in [0.1, 0.15) is 0 Å². The molecule has 14 heavy (non-hydrogen) atoms. The molecular weight excluding hydrogens is 174 g/mol. The summed E-state index contributed by atoms with van der Waals surface area (Å²) in [6, 6.07) is 6.31. The monoisotopic (exact) mass is 193 g/mol. The van der Waals surface area contributed by atoms with Gasteiger partial charge in [0.15, 0.2) is 0 Å². The Balaban J connectivity index is 2.55. The normalized spacial score (nSPS) is 12.6. The number of aryl methyl sites for hydroxylation is 2. The molecule has 0 fully saturated rings. The van der Waals surface area contributed by atoms with E-state index in [0.717, 1.165) is 12.2 Å². The van der Waals surface area contributed by atoms with Crippen molar-refractivity contribution in [2.24, 2.45) is 11.5 Å². The van der Waals surface area contributed by atoms with Gasteiger partial charge < -0.3 is 16.8 Å². The molecule has 1 aromatic carbocycles. The summed E-state index contributed by atoms with van der Waals surface area (Å²) >= 11 is 0. The summed E-state index contributed by atoms with van der Waals surface area (Å²) < 4.78 is 0. The number of rotatable bonds is 4. The van der Waals surface area contributed by atoms with Crippen molar-refractivity contribution in [3.8, 4) is 0 Å². The molecule has 3 heteroatoms. The summed E-state index contributed by atoms with van der Waals surface area (Å²) in [7, 11) is 0. The third kappa shape index (κ3) is 3.01. The highest BCUT2D eigenvalue weighted by molar-refractivity contribution is 5.48. The molecule has 1 aromatic rings. The zero-order valence-electron chi connectivity index (χ0n) is 8.88. The molecule has 1 rings (SSSR count). The van der Waals surface area contributed by atoms with Gasteiger partial charge in [0, 0.05) is 24.8 Å². The topological polar surface area (TPSA) is 64.1 Å². The molecule has 3 nitrogen and oxygen atoms in total. The lowest BCUT2D eigenvalue weighted by atomic mass is 10.1. The Hall–Kier alpha value is -1.06. The Bertz CT molecular complexity index is 297. The van der Waals surface area contributed by atoms with E-state index in [-0.39, 0.29) is 6.04 Å². The van der Waals surface area contributed by atoms with Gasteiger partial charge in [-0.05, 0) is 37.1 Å². The lowest BCUT2D eigenvalue weighted by molar-refractivity contribution is 0.713. The summed E-state index contributed by atoms with van der Waals surface area (Å²) in [5.74, 6) is 0. The fourth-order valence-corrected chi connectivity index (χ4v) is 1.18. The van der Waals surface area contributed by atoms with Gasteiger partial charge in [-0.15, -0.1) is 0 Å². The van der Waals surface area contributed by atoms with Crippen LogP contribution in [-0.2, 0) is 0 Å². The number of nitrogens with one attached hydrogen (secondary N) is 1. The van der Waals surface area contributed by atoms with Crippen molar-refractivity contribution < 1.29 is 0 Å². The number of benzene rings is 1. The van der Waals surface area contributed by atoms with Crippen molar-refractivity contribution in [3.05, 3.63) is 29.3 Å². The van der Waals surface area contributed by atoms with Gasteiger partial charge in [-0.2, -0.15) is 0 Å². The predicted molar refractivity (Wildman–Crippen MR) is 61.4 cm³/mol. The molecule has 0 radical (unpaired) electrons. The molecule has 0 spiro atoms. The van der Waals surface area contributed by atoms with Crippen LogP contribution in [0.25, 0.3) is 0 Å². The summed E-state index contributed by atoms with van der Waals surface area (Å²) in [6.45, 7) is 5.44. The van der Waals surface area contributed by atoms with Crippen LogP contribution in [0.1, 0.15) is 11.1 Å². The Labute approximate surface area is 85.5 Å². The number of hydrogen-bond acceptors (Lipinski definition) is 3. The second-order valence-corrected chi connectivity index (χ2v) is 3.68. The van der Waals surface area contributed by atoms with Gasteiger partial charge >= 0.3 is 0 Å². The minimum Gasteiger partial charge on any atom is -0.383 e. The van der Waals surface area contributed by atoms with Crippen molar-refractivity contribution in [1.82, 2.24) is 0 Å². The van der Waals surface area contributed by atoms with Crippen LogP contribution in [0.15, 0.2) is 18.2 Å². The molecule has 0 amide bonds. The SMILES string of the molecule is Cc1ccc(NCC(N)CN)cc1C. The predicted octanol–water partition coefficient (Wildman–Crippen LogP) is 1.00. The average Bonchev–Trinajstić information content (AvgIpc) is 2.19. The van der Waals surface area contributed by atoms with E-state index in [1.165, 1.54) is 11.1 Å². The fourth-order valence-electron chi connectivity index (χ4n) is 1.18. The smallest absolute Gasteiger partial charge is 0.0343 e. The van der Waals surface area contributed by atoms with Crippen LogP contribution in [0.4, 0.5) is 5.69 Å². The van der Waals surface area contributed by atoms with Gasteiger partial charge in [0.2, 0.25) is 0 Å². The summed E-state index contributed by atoms with van der Waals surface area (Å²) in [5.41, 5.74) is 14.8. The van der Waals surface area contributed by atoms with Crippen molar-refractivity contribution >= 4 is 5.69 Å². The van der Waals surface area contributed by atoms with Crippen molar-refractivity contribution in [1.29, 1.82) is 0 Å². The highest BCUT2D eigenvalue weighted by Crippen LogP contribution is 2.13. The Kier molecular flexibility index (Phi) is 3.92. The summed E-state index contributed by atoms with van der Waals surface area (Å²) in [4.78, 5) is 0. The second-order valence-electron chi connectivity index (χ2n) is 3.68. The molecule has 78 valence electrons. The minimum absolute atomic E-state index is 0.0246. The number of hydrogen-bond donors (Lipinski definition) is 3.